The smallest absolute Gasteiger partial charge is 0.444 e. The maximum absolute atomic E-state index is 14.7. The van der Waals surface area contributed by atoms with E-state index in [1.807, 2.05) is 66.7 Å². The minimum Gasteiger partial charge on any atom is -0.444 e. The normalized spacial score (nSPS) is 21.0. The molecule has 2 heterocycles. The number of alkyl carbamates (subject to hydrolysis) is 1. The Bertz CT molecular complexity index is 1690. The Labute approximate surface area is 281 Å². The molecule has 5 rings (SSSR count). The number of aromatic nitrogens is 2. The van der Waals surface area contributed by atoms with Gasteiger partial charge in [-0.3, -0.25) is 9.59 Å². The second-order valence-corrected chi connectivity index (χ2v) is 14.9. The van der Waals surface area contributed by atoms with Crippen molar-refractivity contribution in [2.24, 2.45) is 11.8 Å². The summed E-state index contributed by atoms with van der Waals surface area (Å²) < 4.78 is 18.3. The zero-order valence-electron chi connectivity index (χ0n) is 29.2. The number of carbonyl (C=O) groups is 3. The predicted octanol–water partition coefficient (Wildman–Crippen LogP) is 4.85. The molecular weight excluding hydrogens is 613 g/mol. The number of aromatic amines is 2. The minimum atomic E-state index is -0.937. The lowest BCUT2D eigenvalue weighted by Crippen LogP contribution is -2.52. The highest BCUT2D eigenvalue weighted by atomic mass is 16.7. The van der Waals surface area contributed by atoms with Crippen LogP contribution in [-0.2, 0) is 23.6 Å². The number of H-pyrrole nitrogens is 2. The van der Waals surface area contributed by atoms with E-state index in [0.717, 1.165) is 12.8 Å². The van der Waals surface area contributed by atoms with Crippen molar-refractivity contribution in [3.8, 4) is 0 Å². The van der Waals surface area contributed by atoms with Crippen LogP contribution in [0, 0.1) is 11.8 Å². The Balaban J connectivity index is 1.47. The van der Waals surface area contributed by atoms with Gasteiger partial charge in [-0.05, 0) is 111 Å². The quantitative estimate of drug-likeness (QED) is 0.252. The van der Waals surface area contributed by atoms with Crippen molar-refractivity contribution in [1.29, 1.82) is 0 Å². The van der Waals surface area contributed by atoms with Crippen LogP contribution in [0.15, 0.2) is 47.3 Å². The number of amides is 3. The molecule has 0 unspecified atom stereocenters. The number of nitrogens with zero attached hydrogens (tertiary/aromatic N) is 1. The summed E-state index contributed by atoms with van der Waals surface area (Å²) in [6.45, 7) is 15.3. The Morgan fingerprint density at radius 1 is 0.979 bits per heavy atom. The van der Waals surface area contributed by atoms with Crippen LogP contribution in [0.2, 0.25) is 0 Å². The van der Waals surface area contributed by atoms with Crippen molar-refractivity contribution in [3.05, 3.63) is 52.9 Å². The van der Waals surface area contributed by atoms with E-state index in [2.05, 4.69) is 20.6 Å². The van der Waals surface area contributed by atoms with Crippen LogP contribution in [0.4, 0.5) is 16.2 Å². The number of imidazole rings is 1. The van der Waals surface area contributed by atoms with E-state index < -0.39 is 41.7 Å². The zero-order valence-corrected chi connectivity index (χ0v) is 29.2. The first kappa shape index (κ1) is 35.2. The Hall–Kier alpha value is -4.10. The van der Waals surface area contributed by atoms with Crippen LogP contribution >= 0.6 is 0 Å². The fourth-order valence-electron chi connectivity index (χ4n) is 6.28. The molecule has 1 aromatic heterocycles. The molecule has 0 radical (unpaired) electrons. The number of nitrogens with one attached hydrogen (secondary N) is 4. The molecule has 2 fully saturated rings. The standard InChI is InChI=1S/C35H48BN5O7/c1-21(29(42)38-24-12-10-9-11-13-24)41(30(43)23-16-14-22(15-17-23)20-37-32(45)46-33(2,3)4)26-19-18-25-28(40-31(44)39-25)27(26)36-47-34(5,6)35(7,8)48-36/h9-13,18-19,21-23H,14-17,20H2,1-8H3,(H,37,45)(H,38,42)(H2,39,40,44)/t21-,22-,23-/m0/s1. The SMILES string of the molecule is C[C@@H](C(=O)Nc1ccccc1)N(c1ccc2[nH]c(=O)[nH]c2c1B1OC(C)(C)C(C)(C)O1)C(=O)[C@H]1CC[C@H](CNC(=O)OC(C)(C)C)CC1. The summed E-state index contributed by atoms with van der Waals surface area (Å²) in [5.41, 5.74) is 0.0631. The van der Waals surface area contributed by atoms with Gasteiger partial charge in [0, 0.05) is 29.3 Å². The van der Waals surface area contributed by atoms with Crippen molar-refractivity contribution in [3.63, 3.8) is 0 Å². The molecule has 1 saturated heterocycles. The molecule has 0 spiro atoms. The molecule has 2 aliphatic rings. The largest absolute Gasteiger partial charge is 0.499 e. The summed E-state index contributed by atoms with van der Waals surface area (Å²) in [6.07, 6.45) is 2.15. The molecule has 4 N–H and O–H groups in total. The van der Waals surface area contributed by atoms with Crippen LogP contribution in [0.25, 0.3) is 11.0 Å². The van der Waals surface area contributed by atoms with Gasteiger partial charge in [-0.15, -0.1) is 0 Å². The number of benzene rings is 2. The molecule has 1 atom stereocenters. The van der Waals surface area contributed by atoms with Crippen molar-refractivity contribution < 1.29 is 28.4 Å². The van der Waals surface area contributed by atoms with Gasteiger partial charge in [0.25, 0.3) is 0 Å². The van der Waals surface area contributed by atoms with Crippen LogP contribution < -0.4 is 26.7 Å². The molecule has 3 amide bonds. The third kappa shape index (κ3) is 7.62. The first-order valence-corrected chi connectivity index (χ1v) is 16.7. The monoisotopic (exact) mass is 661 g/mol. The van der Waals surface area contributed by atoms with Gasteiger partial charge in [0.05, 0.1) is 22.2 Å². The van der Waals surface area contributed by atoms with E-state index in [0.29, 0.717) is 47.3 Å². The molecule has 2 aromatic carbocycles. The molecule has 0 bridgehead atoms. The van der Waals surface area contributed by atoms with Crippen molar-refractivity contribution in [2.45, 2.75) is 104 Å². The van der Waals surface area contributed by atoms with Gasteiger partial charge < -0.3 is 39.5 Å². The number of hydrogen-bond acceptors (Lipinski definition) is 7. The number of anilines is 2. The molecule has 1 aliphatic carbocycles. The van der Waals surface area contributed by atoms with Gasteiger partial charge in [-0.1, -0.05) is 18.2 Å². The lowest BCUT2D eigenvalue weighted by molar-refractivity contribution is -0.126. The molecule has 12 nitrogen and oxygen atoms in total. The number of rotatable bonds is 8. The highest BCUT2D eigenvalue weighted by Crippen LogP contribution is 2.39. The van der Waals surface area contributed by atoms with Gasteiger partial charge in [0.1, 0.15) is 11.6 Å². The molecule has 1 aliphatic heterocycles. The van der Waals surface area contributed by atoms with Crippen LogP contribution in [0.5, 0.6) is 0 Å². The molecule has 3 aromatic rings. The lowest BCUT2D eigenvalue weighted by atomic mass is 9.75. The zero-order chi connectivity index (χ0) is 35.0. The average Bonchev–Trinajstić information content (AvgIpc) is 3.49. The average molecular weight is 662 g/mol. The van der Waals surface area contributed by atoms with Gasteiger partial charge in [-0.2, -0.15) is 0 Å². The first-order chi connectivity index (χ1) is 22.5. The predicted molar refractivity (Wildman–Crippen MR) is 186 cm³/mol. The van der Waals surface area contributed by atoms with Gasteiger partial charge >= 0.3 is 18.9 Å². The number of carbonyl (C=O) groups excluding carboxylic acids is 3. The highest BCUT2D eigenvalue weighted by Gasteiger charge is 2.53. The Morgan fingerprint density at radius 2 is 1.60 bits per heavy atom. The third-order valence-electron chi connectivity index (χ3n) is 9.63. The maximum atomic E-state index is 14.7. The summed E-state index contributed by atoms with van der Waals surface area (Å²) in [5, 5.41) is 5.80. The number of ether oxygens (including phenoxy) is 1. The van der Waals surface area contributed by atoms with Gasteiger partial charge in [0.15, 0.2) is 0 Å². The van der Waals surface area contributed by atoms with Crippen molar-refractivity contribution >= 4 is 52.9 Å². The summed E-state index contributed by atoms with van der Waals surface area (Å²) in [7, 11) is -0.936. The molecule has 48 heavy (non-hydrogen) atoms. The van der Waals surface area contributed by atoms with Crippen LogP contribution in [0.3, 0.4) is 0 Å². The van der Waals surface area contributed by atoms with Gasteiger partial charge in [0.2, 0.25) is 11.8 Å². The van der Waals surface area contributed by atoms with E-state index in [1.165, 1.54) is 4.90 Å². The number of hydrogen-bond donors (Lipinski definition) is 4. The highest BCUT2D eigenvalue weighted by molar-refractivity contribution is 6.67. The number of fused-ring (bicyclic) bond motifs is 1. The molecular formula is C35H48BN5O7. The molecule has 13 heteroatoms. The fourth-order valence-corrected chi connectivity index (χ4v) is 6.28. The van der Waals surface area contributed by atoms with E-state index >= 15 is 0 Å². The third-order valence-corrected chi connectivity index (χ3v) is 9.63. The van der Waals surface area contributed by atoms with Crippen molar-refractivity contribution in [2.75, 3.05) is 16.8 Å². The fraction of sp³-hybridized carbons (Fsp3) is 0.543. The van der Waals surface area contributed by atoms with E-state index in [-0.39, 0.29) is 23.7 Å². The summed E-state index contributed by atoms with van der Waals surface area (Å²) in [6, 6.07) is 11.6. The topological polar surface area (TPSA) is 155 Å². The van der Waals surface area contributed by atoms with Gasteiger partial charge in [-0.25, -0.2) is 9.59 Å². The number of para-hydroxylation sites is 1. The first-order valence-electron chi connectivity index (χ1n) is 16.7. The van der Waals surface area contributed by atoms with Crippen molar-refractivity contribution in [1.82, 2.24) is 15.3 Å². The summed E-state index contributed by atoms with van der Waals surface area (Å²) >= 11 is 0. The summed E-state index contributed by atoms with van der Waals surface area (Å²) in [4.78, 5) is 60.5. The minimum absolute atomic E-state index is 0.190. The van der Waals surface area contributed by atoms with Crippen LogP contribution in [-0.4, -0.2) is 64.4 Å². The van der Waals surface area contributed by atoms with E-state index in [1.54, 1.807) is 31.2 Å². The Kier molecular flexibility index (Phi) is 9.85. The lowest BCUT2D eigenvalue weighted by Gasteiger charge is -2.36. The summed E-state index contributed by atoms with van der Waals surface area (Å²) in [5.74, 6) is -0.760. The maximum Gasteiger partial charge on any atom is 0.499 e. The van der Waals surface area contributed by atoms with E-state index in [9.17, 15) is 19.2 Å². The van der Waals surface area contributed by atoms with Crippen LogP contribution in [0.1, 0.15) is 81.1 Å². The second-order valence-electron chi connectivity index (χ2n) is 14.9. The molecule has 258 valence electrons. The second kappa shape index (κ2) is 13.4. The molecule has 1 saturated carbocycles. The Morgan fingerprint density at radius 3 is 2.21 bits per heavy atom. The van der Waals surface area contributed by atoms with E-state index in [4.69, 9.17) is 14.0 Å².